The maximum absolute atomic E-state index is 14.0. The van der Waals surface area contributed by atoms with Gasteiger partial charge in [-0.1, -0.05) is 12.1 Å². The first-order valence-electron chi connectivity index (χ1n) is 9.80. The van der Waals surface area contributed by atoms with Crippen molar-refractivity contribution in [1.82, 2.24) is 14.8 Å². The van der Waals surface area contributed by atoms with Crippen molar-refractivity contribution < 1.29 is 14.3 Å². The Morgan fingerprint density at radius 2 is 1.86 bits per heavy atom. The smallest absolute Gasteiger partial charge is 0.276 e. The summed E-state index contributed by atoms with van der Waals surface area (Å²) in [5.41, 5.74) is 0.778. The first-order chi connectivity index (χ1) is 13.6. The molecular weight excluding hydrogens is 359 g/mol. The number of hydrogen-bond acceptors (Lipinski definition) is 5. The third-order valence-corrected chi connectivity index (χ3v) is 5.70. The first-order valence-corrected chi connectivity index (χ1v) is 9.80. The predicted octanol–water partition coefficient (Wildman–Crippen LogP) is 2.35. The Morgan fingerprint density at radius 3 is 2.61 bits per heavy atom. The summed E-state index contributed by atoms with van der Waals surface area (Å²) in [7, 11) is 0. The van der Waals surface area contributed by atoms with Crippen LogP contribution in [0.2, 0.25) is 0 Å². The van der Waals surface area contributed by atoms with Gasteiger partial charge in [0, 0.05) is 51.5 Å². The zero-order valence-corrected chi connectivity index (χ0v) is 15.8. The summed E-state index contributed by atoms with van der Waals surface area (Å²) in [5, 5.41) is 9.93. The van der Waals surface area contributed by atoms with Crippen molar-refractivity contribution >= 4 is 11.6 Å². The number of piperazine rings is 1. The number of likely N-dealkylation sites (tertiary alicyclic amines) is 1. The van der Waals surface area contributed by atoms with Gasteiger partial charge in [0.2, 0.25) is 0 Å². The van der Waals surface area contributed by atoms with E-state index in [1.165, 1.54) is 18.3 Å². The normalized spacial score (nSPS) is 21.0. The molecule has 6 nitrogen and oxygen atoms in total. The van der Waals surface area contributed by atoms with Crippen LogP contribution in [0.1, 0.15) is 23.3 Å². The molecule has 0 spiro atoms. The Kier molecular flexibility index (Phi) is 5.43. The van der Waals surface area contributed by atoms with Crippen LogP contribution in [0, 0.1) is 5.82 Å². The zero-order valence-electron chi connectivity index (χ0n) is 15.8. The predicted molar refractivity (Wildman–Crippen MR) is 105 cm³/mol. The molecule has 2 saturated heterocycles. The highest BCUT2D eigenvalue weighted by Gasteiger charge is 2.31. The lowest BCUT2D eigenvalue weighted by atomic mass is 10.0. The molecule has 2 aliphatic rings. The molecule has 2 aliphatic heterocycles. The molecule has 0 radical (unpaired) electrons. The van der Waals surface area contributed by atoms with Crippen molar-refractivity contribution in [2.24, 2.45) is 0 Å². The number of carbonyl (C=O) groups is 1. The van der Waals surface area contributed by atoms with Crippen LogP contribution >= 0.6 is 0 Å². The van der Waals surface area contributed by atoms with E-state index in [9.17, 15) is 14.3 Å². The van der Waals surface area contributed by atoms with Crippen LogP contribution in [0.4, 0.5) is 10.1 Å². The first kappa shape index (κ1) is 18.7. The Morgan fingerprint density at radius 1 is 1.07 bits per heavy atom. The summed E-state index contributed by atoms with van der Waals surface area (Å²) in [4.78, 5) is 23.1. The fourth-order valence-electron chi connectivity index (χ4n) is 4.18. The fraction of sp³-hybridized carbons (Fsp3) is 0.429. The Balaban J connectivity index is 1.37. The molecule has 1 N–H and O–H groups in total. The number of amides is 1. The van der Waals surface area contributed by atoms with Gasteiger partial charge in [-0.2, -0.15) is 0 Å². The van der Waals surface area contributed by atoms with E-state index >= 15 is 0 Å². The second-order valence-electron chi connectivity index (χ2n) is 7.39. The maximum atomic E-state index is 14.0. The maximum Gasteiger partial charge on any atom is 0.276 e. The minimum Gasteiger partial charge on any atom is -0.505 e. The quantitative estimate of drug-likeness (QED) is 0.880. The number of anilines is 1. The monoisotopic (exact) mass is 384 g/mol. The van der Waals surface area contributed by atoms with Gasteiger partial charge in [0.25, 0.3) is 5.91 Å². The van der Waals surface area contributed by atoms with Gasteiger partial charge in [0.1, 0.15) is 11.6 Å². The van der Waals surface area contributed by atoms with Gasteiger partial charge in [-0.15, -0.1) is 0 Å². The van der Waals surface area contributed by atoms with E-state index in [0.29, 0.717) is 18.8 Å². The number of halogens is 1. The van der Waals surface area contributed by atoms with Gasteiger partial charge in [0.05, 0.1) is 5.69 Å². The van der Waals surface area contributed by atoms with Crippen molar-refractivity contribution in [2.75, 3.05) is 44.2 Å². The average molecular weight is 384 g/mol. The van der Waals surface area contributed by atoms with Crippen molar-refractivity contribution in [3.05, 3.63) is 54.1 Å². The van der Waals surface area contributed by atoms with Crippen molar-refractivity contribution in [1.29, 1.82) is 0 Å². The summed E-state index contributed by atoms with van der Waals surface area (Å²) in [6.07, 6.45) is 3.49. The lowest BCUT2D eigenvalue weighted by molar-refractivity contribution is 0.0555. The SMILES string of the molecule is O=C(c1ncccc1O)N1CCC[C@@H](N2CCN(c3ccccc3F)CC2)C1. The van der Waals surface area contributed by atoms with Gasteiger partial charge in [-0.3, -0.25) is 9.69 Å². The van der Waals surface area contributed by atoms with E-state index in [-0.39, 0.29) is 29.2 Å². The summed E-state index contributed by atoms with van der Waals surface area (Å²) in [5.74, 6) is -0.471. The number of rotatable bonds is 3. The number of aromatic hydroxyl groups is 1. The molecule has 1 aromatic heterocycles. The van der Waals surface area contributed by atoms with Crippen LogP contribution in [0.3, 0.4) is 0 Å². The third kappa shape index (κ3) is 3.80. The van der Waals surface area contributed by atoms with Crippen LogP contribution in [0.15, 0.2) is 42.6 Å². The van der Waals surface area contributed by atoms with E-state index in [2.05, 4.69) is 14.8 Å². The van der Waals surface area contributed by atoms with Crippen LogP contribution in [0.25, 0.3) is 0 Å². The van der Waals surface area contributed by atoms with E-state index < -0.39 is 0 Å². The highest BCUT2D eigenvalue weighted by molar-refractivity contribution is 5.94. The topological polar surface area (TPSA) is 59.9 Å². The van der Waals surface area contributed by atoms with Gasteiger partial charge in [-0.25, -0.2) is 9.37 Å². The molecule has 4 rings (SSSR count). The number of aromatic nitrogens is 1. The summed E-state index contributed by atoms with van der Waals surface area (Å²) in [6, 6.07) is 10.3. The number of piperidine rings is 1. The van der Waals surface area contributed by atoms with Crippen molar-refractivity contribution in [3.63, 3.8) is 0 Å². The summed E-state index contributed by atoms with van der Waals surface area (Å²) in [6.45, 7) is 4.54. The second kappa shape index (κ2) is 8.14. The lowest BCUT2D eigenvalue weighted by Gasteiger charge is -2.43. The molecule has 0 bridgehead atoms. The van der Waals surface area contributed by atoms with Crippen LogP contribution < -0.4 is 4.90 Å². The minimum atomic E-state index is -0.215. The van der Waals surface area contributed by atoms with Crippen molar-refractivity contribution in [2.45, 2.75) is 18.9 Å². The molecule has 2 fully saturated rings. The largest absolute Gasteiger partial charge is 0.505 e. The lowest BCUT2D eigenvalue weighted by Crippen LogP contribution is -2.56. The molecule has 0 aliphatic carbocycles. The van der Waals surface area contributed by atoms with E-state index in [0.717, 1.165) is 39.0 Å². The fourth-order valence-corrected chi connectivity index (χ4v) is 4.18. The molecule has 0 saturated carbocycles. The van der Waals surface area contributed by atoms with Crippen molar-refractivity contribution in [3.8, 4) is 5.75 Å². The van der Waals surface area contributed by atoms with E-state index in [1.807, 2.05) is 12.1 Å². The minimum absolute atomic E-state index is 0.0758. The molecule has 148 valence electrons. The van der Waals surface area contributed by atoms with E-state index in [1.54, 1.807) is 17.0 Å². The second-order valence-corrected chi connectivity index (χ2v) is 7.39. The Labute approximate surface area is 164 Å². The molecule has 3 heterocycles. The third-order valence-electron chi connectivity index (χ3n) is 5.70. The number of benzene rings is 1. The van der Waals surface area contributed by atoms with Crippen LogP contribution in [-0.2, 0) is 0 Å². The molecule has 1 atom stereocenters. The molecule has 2 aromatic rings. The molecule has 1 aromatic carbocycles. The van der Waals surface area contributed by atoms with Gasteiger partial charge >= 0.3 is 0 Å². The molecule has 0 unspecified atom stereocenters. The molecule has 28 heavy (non-hydrogen) atoms. The van der Waals surface area contributed by atoms with Gasteiger partial charge in [0.15, 0.2) is 5.69 Å². The average Bonchev–Trinajstić information content (AvgIpc) is 2.74. The summed E-state index contributed by atoms with van der Waals surface area (Å²) >= 11 is 0. The van der Waals surface area contributed by atoms with Gasteiger partial charge < -0.3 is 14.9 Å². The highest BCUT2D eigenvalue weighted by atomic mass is 19.1. The van der Waals surface area contributed by atoms with Crippen LogP contribution in [0.5, 0.6) is 5.75 Å². The number of para-hydroxylation sites is 1. The molecule has 1 amide bonds. The standard InChI is InChI=1S/C21H25FN4O2/c22-17-6-1-2-7-18(17)25-13-11-24(12-14-25)16-5-4-10-26(15-16)21(28)20-19(27)8-3-9-23-20/h1-3,6-9,16,27H,4-5,10-15H2/t16-/m1/s1. The highest BCUT2D eigenvalue weighted by Crippen LogP contribution is 2.24. The number of pyridine rings is 1. The van der Waals surface area contributed by atoms with Crippen LogP contribution in [-0.4, -0.2) is 71.1 Å². The van der Waals surface area contributed by atoms with E-state index in [4.69, 9.17) is 0 Å². The number of carbonyl (C=O) groups excluding carboxylic acids is 1. The summed E-state index contributed by atoms with van der Waals surface area (Å²) < 4.78 is 14.0. The Bertz CT molecular complexity index is 839. The number of hydrogen-bond donors (Lipinski definition) is 1. The molecular formula is C21H25FN4O2. The number of nitrogens with zero attached hydrogens (tertiary/aromatic N) is 4. The Hall–Kier alpha value is -2.67. The van der Waals surface area contributed by atoms with Gasteiger partial charge in [-0.05, 0) is 37.1 Å². The molecule has 7 heteroatoms. The zero-order chi connectivity index (χ0) is 19.5.